The molecule has 1 saturated heterocycles. The second kappa shape index (κ2) is 7.39. The van der Waals surface area contributed by atoms with Crippen LogP contribution in [0.15, 0.2) is 41.7 Å². The largest absolute Gasteiger partial charge is 0.402 e. The summed E-state index contributed by atoms with van der Waals surface area (Å²) in [6, 6.07) is 3.57. The topological polar surface area (TPSA) is 121 Å². The molecule has 1 aliphatic rings. The first-order valence-electron chi connectivity index (χ1n) is 8.98. The number of aromatic nitrogens is 5. The molecule has 4 rings (SSSR count). The molecule has 0 radical (unpaired) electrons. The van der Waals surface area contributed by atoms with Gasteiger partial charge >= 0.3 is 0 Å². The Hall–Kier alpha value is -3.27. The number of halogens is 1. The predicted molar refractivity (Wildman–Crippen MR) is 104 cm³/mol. The Labute approximate surface area is 160 Å². The van der Waals surface area contributed by atoms with E-state index in [2.05, 4.69) is 30.1 Å². The fourth-order valence-corrected chi connectivity index (χ4v) is 3.41. The molecule has 0 unspecified atom stereocenters. The molecule has 146 valence electrons. The van der Waals surface area contributed by atoms with Gasteiger partial charge in [0.05, 0.1) is 17.5 Å². The number of aromatic amines is 1. The lowest BCUT2D eigenvalue weighted by Crippen LogP contribution is -2.37. The van der Waals surface area contributed by atoms with Crippen molar-refractivity contribution in [3.63, 3.8) is 0 Å². The van der Waals surface area contributed by atoms with Crippen LogP contribution in [0.4, 0.5) is 10.2 Å². The quantitative estimate of drug-likeness (QED) is 0.583. The molecule has 10 heteroatoms. The van der Waals surface area contributed by atoms with E-state index in [1.54, 1.807) is 24.7 Å². The summed E-state index contributed by atoms with van der Waals surface area (Å²) in [6.45, 7) is 1.34. The van der Waals surface area contributed by atoms with Crippen molar-refractivity contribution in [2.45, 2.75) is 18.9 Å². The zero-order valence-corrected chi connectivity index (χ0v) is 15.4. The number of imidazole rings is 1. The van der Waals surface area contributed by atoms with Gasteiger partial charge < -0.3 is 15.7 Å². The zero-order valence-electron chi connectivity index (χ0n) is 15.4. The fraction of sp³-hybridized carbons (Fsp3) is 0.333. The highest BCUT2D eigenvalue weighted by Gasteiger charge is 2.23. The van der Waals surface area contributed by atoms with Crippen molar-refractivity contribution in [3.05, 3.63) is 42.4 Å². The second-order valence-electron chi connectivity index (χ2n) is 6.56. The van der Waals surface area contributed by atoms with Gasteiger partial charge in [0.25, 0.3) is 0 Å². The molecule has 0 spiro atoms. The first-order chi connectivity index (χ1) is 13.6. The number of hydrogen-bond acceptors (Lipinski definition) is 7. The molecule has 4 N–H and O–H groups in total. The lowest BCUT2D eigenvalue weighted by atomic mass is 10.1. The van der Waals surface area contributed by atoms with Crippen molar-refractivity contribution in [1.29, 1.82) is 0 Å². The van der Waals surface area contributed by atoms with Crippen LogP contribution in [0.5, 0.6) is 0 Å². The lowest BCUT2D eigenvalue weighted by Gasteiger charge is -2.32. The van der Waals surface area contributed by atoms with Crippen LogP contribution >= 0.6 is 0 Å². The molecule has 9 nitrogen and oxygen atoms in total. The highest BCUT2D eigenvalue weighted by Crippen LogP contribution is 2.28. The average molecular weight is 384 g/mol. The maximum atomic E-state index is 14.3. The van der Waals surface area contributed by atoms with Crippen LogP contribution in [0.3, 0.4) is 0 Å². The van der Waals surface area contributed by atoms with Crippen molar-refractivity contribution in [3.8, 4) is 11.4 Å². The fourth-order valence-electron chi connectivity index (χ4n) is 3.41. The van der Waals surface area contributed by atoms with Crippen LogP contribution in [0.1, 0.15) is 18.5 Å². The number of anilines is 1. The Morgan fingerprint density at radius 1 is 1.43 bits per heavy atom. The van der Waals surface area contributed by atoms with Crippen molar-refractivity contribution >= 4 is 17.2 Å². The molecule has 28 heavy (non-hydrogen) atoms. The van der Waals surface area contributed by atoms with Gasteiger partial charge in [-0.3, -0.25) is 14.5 Å². The second-order valence-corrected chi connectivity index (χ2v) is 6.56. The summed E-state index contributed by atoms with van der Waals surface area (Å²) in [5.41, 5.74) is 7.65. The first-order valence-corrected chi connectivity index (χ1v) is 8.98. The summed E-state index contributed by atoms with van der Waals surface area (Å²) in [5.74, 6) is 0.151. The van der Waals surface area contributed by atoms with Gasteiger partial charge in [-0.05, 0) is 18.9 Å². The molecule has 4 heterocycles. The van der Waals surface area contributed by atoms with Crippen LogP contribution in [0.25, 0.3) is 17.0 Å². The normalized spacial score (nSPS) is 16.9. The summed E-state index contributed by atoms with van der Waals surface area (Å²) >= 11 is 0. The minimum absolute atomic E-state index is 0.0695. The van der Waals surface area contributed by atoms with Crippen molar-refractivity contribution in [1.82, 2.24) is 24.6 Å². The first kappa shape index (κ1) is 18.1. The Bertz CT molecular complexity index is 1030. The molecule has 3 aromatic heterocycles. The molecule has 0 atom stereocenters. The molecule has 0 aliphatic carbocycles. The van der Waals surface area contributed by atoms with E-state index in [0.29, 0.717) is 48.7 Å². The average Bonchev–Trinajstić information content (AvgIpc) is 3.38. The van der Waals surface area contributed by atoms with E-state index < -0.39 is 5.83 Å². The zero-order chi connectivity index (χ0) is 19.7. The minimum atomic E-state index is -0.651. The third kappa shape index (κ3) is 3.11. The number of hydrogen-bond donors (Lipinski definition) is 3. The minimum Gasteiger partial charge on any atom is -0.402 e. The number of aliphatic hydroxyl groups excluding tert-OH is 1. The van der Waals surface area contributed by atoms with Crippen LogP contribution in [0.2, 0.25) is 0 Å². The number of rotatable bonds is 4. The van der Waals surface area contributed by atoms with Crippen LogP contribution in [-0.4, -0.2) is 61.6 Å². The molecule has 0 amide bonds. The van der Waals surface area contributed by atoms with Gasteiger partial charge in [-0.25, -0.2) is 14.4 Å². The lowest BCUT2D eigenvalue weighted by molar-refractivity contribution is 0.145. The molecular formula is C18H21FN8O. The Morgan fingerprint density at radius 2 is 2.21 bits per heavy atom. The Balaban J connectivity index is 1.91. The molecule has 0 aromatic carbocycles. The SMILES string of the molecule is CN=C(C(F)=CN)c1cc(N2CCC(O)CC2)n2cnc(-c3ccn[nH]3)c2n1. The van der Waals surface area contributed by atoms with Gasteiger partial charge in [0.1, 0.15) is 23.6 Å². The summed E-state index contributed by atoms with van der Waals surface area (Å²) in [5, 5.41) is 16.7. The monoisotopic (exact) mass is 384 g/mol. The van der Waals surface area contributed by atoms with E-state index >= 15 is 0 Å². The summed E-state index contributed by atoms with van der Waals surface area (Å²) < 4.78 is 16.1. The molecule has 0 saturated carbocycles. The number of aliphatic imine (C=N–C) groups is 1. The molecule has 3 aromatic rings. The maximum Gasteiger partial charge on any atom is 0.168 e. The van der Waals surface area contributed by atoms with Gasteiger partial charge in [0.2, 0.25) is 0 Å². The van der Waals surface area contributed by atoms with E-state index in [1.807, 2.05) is 4.40 Å². The number of nitrogens with one attached hydrogen (secondary N) is 1. The van der Waals surface area contributed by atoms with Gasteiger partial charge in [-0.15, -0.1) is 0 Å². The van der Waals surface area contributed by atoms with E-state index in [0.717, 1.165) is 12.0 Å². The third-order valence-corrected chi connectivity index (χ3v) is 4.86. The van der Waals surface area contributed by atoms with Crippen LogP contribution < -0.4 is 10.6 Å². The molecule has 0 bridgehead atoms. The highest BCUT2D eigenvalue weighted by molar-refractivity contribution is 6.10. The van der Waals surface area contributed by atoms with Crippen LogP contribution in [0, 0.1) is 0 Å². The number of fused-ring (bicyclic) bond motifs is 1. The maximum absolute atomic E-state index is 14.3. The number of nitrogens with zero attached hydrogens (tertiary/aromatic N) is 6. The van der Waals surface area contributed by atoms with Gasteiger partial charge in [0, 0.05) is 38.6 Å². The van der Waals surface area contributed by atoms with E-state index in [4.69, 9.17) is 5.73 Å². The van der Waals surface area contributed by atoms with Gasteiger partial charge in [-0.1, -0.05) is 0 Å². The number of nitrogens with two attached hydrogens (primary N) is 1. The number of allylic oxidation sites excluding steroid dienone is 1. The highest BCUT2D eigenvalue weighted by atomic mass is 19.1. The van der Waals surface area contributed by atoms with Crippen molar-refractivity contribution < 1.29 is 9.50 Å². The standard InChI is InChI=1S/C18H21FN8O/c1-21-16(12(19)9-20)14-8-15(26-6-3-11(28)4-7-26)27-10-22-17(18(27)24-14)13-2-5-23-25-13/h2,5,8-11,28H,3-4,6-7,20H2,1H3,(H,23,25). The molecule has 1 aliphatic heterocycles. The molecule has 1 fully saturated rings. The number of H-pyrrole nitrogens is 1. The Kier molecular flexibility index (Phi) is 4.78. The third-order valence-electron chi connectivity index (χ3n) is 4.86. The predicted octanol–water partition coefficient (Wildman–Crippen LogP) is 1.27. The van der Waals surface area contributed by atoms with E-state index in [-0.39, 0.29) is 11.8 Å². The van der Waals surface area contributed by atoms with E-state index in [1.165, 1.54) is 7.05 Å². The van der Waals surface area contributed by atoms with Crippen molar-refractivity contribution in [2.24, 2.45) is 10.7 Å². The van der Waals surface area contributed by atoms with Crippen molar-refractivity contribution in [2.75, 3.05) is 25.0 Å². The Morgan fingerprint density at radius 3 is 2.86 bits per heavy atom. The summed E-state index contributed by atoms with van der Waals surface area (Å²) in [4.78, 5) is 15.3. The smallest absolute Gasteiger partial charge is 0.168 e. The number of piperidine rings is 1. The molecular weight excluding hydrogens is 363 g/mol. The van der Waals surface area contributed by atoms with Crippen LogP contribution in [-0.2, 0) is 0 Å². The summed E-state index contributed by atoms with van der Waals surface area (Å²) in [6.07, 6.45) is 5.20. The summed E-state index contributed by atoms with van der Waals surface area (Å²) in [7, 11) is 1.49. The van der Waals surface area contributed by atoms with Gasteiger partial charge in [-0.2, -0.15) is 5.10 Å². The van der Waals surface area contributed by atoms with Gasteiger partial charge in [0.15, 0.2) is 11.5 Å². The number of aliphatic hydroxyl groups is 1. The van der Waals surface area contributed by atoms with E-state index in [9.17, 15) is 9.50 Å².